The zero-order chi connectivity index (χ0) is 16.1. The molecule has 0 bridgehead atoms. The van der Waals surface area contributed by atoms with Crippen molar-refractivity contribution >= 4 is 23.3 Å². The van der Waals surface area contributed by atoms with Gasteiger partial charge in [-0.25, -0.2) is 4.79 Å². The molecule has 6 heteroatoms. The summed E-state index contributed by atoms with van der Waals surface area (Å²) in [5.74, 6) is -0.291. The number of anilines is 1. The van der Waals surface area contributed by atoms with E-state index in [-0.39, 0.29) is 5.56 Å². The monoisotopic (exact) mass is 320 g/mol. The molecule has 0 spiro atoms. The van der Waals surface area contributed by atoms with Crippen molar-refractivity contribution in [1.82, 2.24) is 4.98 Å². The summed E-state index contributed by atoms with van der Waals surface area (Å²) in [6.07, 6.45) is 3.03. The highest BCUT2D eigenvalue weighted by Crippen LogP contribution is 2.27. The average Bonchev–Trinajstić information content (AvgIpc) is 2.53. The lowest BCUT2D eigenvalue weighted by Gasteiger charge is -2.25. The van der Waals surface area contributed by atoms with Crippen LogP contribution in [0.25, 0.3) is 0 Å². The lowest BCUT2D eigenvalue weighted by Crippen LogP contribution is -2.24. The summed E-state index contributed by atoms with van der Waals surface area (Å²) in [5, 5.41) is 9.88. The maximum absolute atomic E-state index is 11.3. The van der Waals surface area contributed by atoms with Gasteiger partial charge in [-0.1, -0.05) is 17.7 Å². The third-order valence-corrected chi connectivity index (χ3v) is 3.73. The third kappa shape index (κ3) is 3.49. The molecule has 1 heterocycles. The number of hydrogen-bond donors (Lipinski definition) is 1. The van der Waals surface area contributed by atoms with E-state index in [2.05, 4.69) is 4.98 Å². The molecule has 1 N–H and O–H groups in total. The Morgan fingerprint density at radius 3 is 2.77 bits per heavy atom. The lowest BCUT2D eigenvalue weighted by molar-refractivity contribution is 0.0697. The van der Waals surface area contributed by atoms with Gasteiger partial charge in [-0.05, 0) is 30.7 Å². The molecule has 2 aromatic rings. The fourth-order valence-electron chi connectivity index (χ4n) is 2.18. The van der Waals surface area contributed by atoms with Gasteiger partial charge in [0, 0.05) is 24.3 Å². The van der Waals surface area contributed by atoms with Crippen LogP contribution in [0, 0.1) is 0 Å². The number of carboxylic acid groups (broad SMARTS) is 1. The minimum Gasteiger partial charge on any atom is -0.497 e. The van der Waals surface area contributed by atoms with Crippen molar-refractivity contribution in [1.29, 1.82) is 0 Å². The zero-order valence-corrected chi connectivity index (χ0v) is 13.2. The van der Waals surface area contributed by atoms with Gasteiger partial charge in [0.1, 0.15) is 5.75 Å². The molecule has 116 valence electrons. The van der Waals surface area contributed by atoms with Gasteiger partial charge in [0.2, 0.25) is 0 Å². The summed E-state index contributed by atoms with van der Waals surface area (Å²) >= 11 is 6.26. The number of hydrogen-bond acceptors (Lipinski definition) is 4. The first kappa shape index (κ1) is 16.1. The van der Waals surface area contributed by atoms with Gasteiger partial charge in [0.05, 0.1) is 24.6 Å². The summed E-state index contributed by atoms with van der Waals surface area (Å²) in [6.45, 7) is 3.08. The van der Waals surface area contributed by atoms with E-state index in [9.17, 15) is 9.90 Å². The summed E-state index contributed by atoms with van der Waals surface area (Å²) in [6, 6.07) is 6.94. The summed E-state index contributed by atoms with van der Waals surface area (Å²) in [5.41, 5.74) is 1.69. The molecule has 0 aliphatic rings. The number of carboxylic acids is 1. The van der Waals surface area contributed by atoms with Crippen molar-refractivity contribution in [2.75, 3.05) is 18.6 Å². The standard InChI is InChI=1S/C16H17ClN2O3/c1-3-19(15-9-18-7-6-13(15)16(20)21)10-11-4-5-12(22-2)8-14(11)17/h4-9H,3,10H2,1-2H3,(H,20,21). The minimum atomic E-state index is -0.975. The molecule has 0 amide bonds. The van der Waals surface area contributed by atoms with Crippen LogP contribution >= 0.6 is 11.6 Å². The Labute approximate surface area is 134 Å². The second-order valence-corrected chi connectivity index (χ2v) is 5.08. The van der Waals surface area contributed by atoms with Crippen LogP contribution in [0.1, 0.15) is 22.8 Å². The molecule has 0 radical (unpaired) electrons. The molecule has 0 aliphatic carbocycles. The second kappa shape index (κ2) is 7.13. The molecule has 5 nitrogen and oxygen atoms in total. The van der Waals surface area contributed by atoms with Gasteiger partial charge in [-0.15, -0.1) is 0 Å². The van der Waals surface area contributed by atoms with Gasteiger partial charge >= 0.3 is 5.97 Å². The number of ether oxygens (including phenoxy) is 1. The maximum atomic E-state index is 11.3. The maximum Gasteiger partial charge on any atom is 0.337 e. The summed E-state index contributed by atoms with van der Waals surface area (Å²) < 4.78 is 5.13. The molecular weight excluding hydrogens is 304 g/mol. The van der Waals surface area contributed by atoms with Gasteiger partial charge in [-0.3, -0.25) is 4.98 Å². The highest BCUT2D eigenvalue weighted by molar-refractivity contribution is 6.31. The van der Waals surface area contributed by atoms with Crippen LogP contribution in [0.3, 0.4) is 0 Å². The molecule has 0 saturated carbocycles. The number of pyridine rings is 1. The Hall–Kier alpha value is -2.27. The van der Waals surface area contributed by atoms with Crippen LogP contribution in [-0.2, 0) is 6.54 Å². The van der Waals surface area contributed by atoms with Crippen molar-refractivity contribution in [2.45, 2.75) is 13.5 Å². The van der Waals surface area contributed by atoms with Crippen LogP contribution in [0.15, 0.2) is 36.7 Å². The SMILES string of the molecule is CCN(Cc1ccc(OC)cc1Cl)c1cnccc1C(=O)O. The smallest absolute Gasteiger partial charge is 0.337 e. The van der Waals surface area contributed by atoms with Crippen LogP contribution in [0.2, 0.25) is 5.02 Å². The van der Waals surface area contributed by atoms with Crippen LogP contribution in [-0.4, -0.2) is 29.7 Å². The number of rotatable bonds is 6. The van der Waals surface area contributed by atoms with E-state index < -0.39 is 5.97 Å². The Morgan fingerprint density at radius 2 is 2.18 bits per heavy atom. The van der Waals surface area contributed by atoms with Crippen LogP contribution in [0.5, 0.6) is 5.75 Å². The molecule has 0 unspecified atom stereocenters. The van der Waals surface area contributed by atoms with E-state index >= 15 is 0 Å². The number of nitrogens with zero attached hydrogens (tertiary/aromatic N) is 2. The van der Waals surface area contributed by atoms with Crippen molar-refractivity contribution in [3.05, 3.63) is 52.8 Å². The molecule has 1 aromatic carbocycles. The number of carbonyl (C=O) groups is 1. The van der Waals surface area contributed by atoms with E-state index in [4.69, 9.17) is 16.3 Å². The predicted octanol–water partition coefficient (Wildman–Crippen LogP) is 3.47. The first-order valence-corrected chi connectivity index (χ1v) is 7.19. The molecule has 0 fully saturated rings. The number of benzene rings is 1. The van der Waals surface area contributed by atoms with Crippen molar-refractivity contribution in [3.63, 3.8) is 0 Å². The number of halogens is 1. The van der Waals surface area contributed by atoms with E-state index in [1.54, 1.807) is 19.4 Å². The van der Waals surface area contributed by atoms with Crippen LogP contribution in [0.4, 0.5) is 5.69 Å². The van der Waals surface area contributed by atoms with Gasteiger partial charge in [0.15, 0.2) is 0 Å². The molecule has 22 heavy (non-hydrogen) atoms. The summed E-state index contributed by atoms with van der Waals surface area (Å²) in [7, 11) is 1.58. The molecule has 2 rings (SSSR count). The highest BCUT2D eigenvalue weighted by Gasteiger charge is 2.16. The molecular formula is C16H17ClN2O3. The van der Waals surface area contributed by atoms with E-state index in [1.165, 1.54) is 12.3 Å². The fourth-order valence-corrected chi connectivity index (χ4v) is 2.41. The fraction of sp³-hybridized carbons (Fsp3) is 0.250. The Morgan fingerprint density at radius 1 is 1.41 bits per heavy atom. The average molecular weight is 321 g/mol. The Balaban J connectivity index is 2.32. The van der Waals surface area contributed by atoms with Crippen LogP contribution < -0.4 is 9.64 Å². The van der Waals surface area contributed by atoms with Crippen molar-refractivity contribution in [3.8, 4) is 5.75 Å². The van der Waals surface area contributed by atoms with Gasteiger partial charge in [-0.2, -0.15) is 0 Å². The van der Waals surface area contributed by atoms with Crippen molar-refractivity contribution < 1.29 is 14.6 Å². The summed E-state index contributed by atoms with van der Waals surface area (Å²) in [4.78, 5) is 17.3. The van der Waals surface area contributed by atoms with Crippen molar-refractivity contribution in [2.24, 2.45) is 0 Å². The third-order valence-electron chi connectivity index (χ3n) is 3.37. The van der Waals surface area contributed by atoms with Gasteiger partial charge in [0.25, 0.3) is 0 Å². The molecule has 0 atom stereocenters. The van der Waals surface area contributed by atoms with E-state index in [0.717, 1.165) is 5.56 Å². The molecule has 0 saturated heterocycles. The predicted molar refractivity (Wildman–Crippen MR) is 85.9 cm³/mol. The zero-order valence-electron chi connectivity index (χ0n) is 12.4. The Kier molecular flexibility index (Phi) is 5.22. The quantitative estimate of drug-likeness (QED) is 0.883. The highest BCUT2D eigenvalue weighted by atomic mass is 35.5. The number of methoxy groups -OCH3 is 1. The first-order chi connectivity index (χ1) is 10.6. The van der Waals surface area contributed by atoms with E-state index in [0.29, 0.717) is 29.5 Å². The second-order valence-electron chi connectivity index (χ2n) is 4.67. The largest absolute Gasteiger partial charge is 0.497 e. The molecule has 0 aliphatic heterocycles. The first-order valence-electron chi connectivity index (χ1n) is 6.81. The van der Waals surface area contributed by atoms with Gasteiger partial charge < -0.3 is 14.7 Å². The topological polar surface area (TPSA) is 62.7 Å². The Bertz CT molecular complexity index is 676. The number of aromatic carboxylic acids is 1. The number of aromatic nitrogens is 1. The normalized spacial score (nSPS) is 10.3. The lowest BCUT2D eigenvalue weighted by atomic mass is 10.1. The minimum absolute atomic E-state index is 0.224. The van der Waals surface area contributed by atoms with E-state index in [1.807, 2.05) is 24.0 Å². The molecule has 1 aromatic heterocycles.